The van der Waals surface area contributed by atoms with Crippen LogP contribution in [0.3, 0.4) is 0 Å². The molecule has 0 bridgehead atoms. The fourth-order valence-electron chi connectivity index (χ4n) is 0.810. The second kappa shape index (κ2) is 3.48. The van der Waals surface area contributed by atoms with E-state index in [1.54, 1.807) is 0 Å². The summed E-state index contributed by atoms with van der Waals surface area (Å²) in [5, 5.41) is 10.1. The summed E-state index contributed by atoms with van der Waals surface area (Å²) < 4.78 is 36.9. The quantitative estimate of drug-likeness (QED) is 0.590. The van der Waals surface area contributed by atoms with Gasteiger partial charge in [-0.1, -0.05) is 0 Å². The monoisotopic (exact) mass is 207 g/mol. The average Bonchev–Trinajstić information content (AvgIpc) is 2.07. The van der Waals surface area contributed by atoms with Crippen LogP contribution in [0.25, 0.3) is 0 Å². The average molecular weight is 207 g/mol. The molecule has 1 aromatic rings. The number of alkyl halides is 2. The van der Waals surface area contributed by atoms with Crippen molar-refractivity contribution in [3.63, 3.8) is 0 Å². The Morgan fingerprint density at radius 1 is 1.57 bits per heavy atom. The number of nitrogens with zero attached hydrogens (tertiary/aromatic N) is 2. The highest BCUT2D eigenvalue weighted by Gasteiger charge is 2.24. The fraction of sp³-hybridized carbons (Fsp3) is 0.167. The van der Waals surface area contributed by atoms with Gasteiger partial charge in [-0.2, -0.15) is 4.39 Å². The molecule has 0 aliphatic heterocycles. The summed E-state index contributed by atoms with van der Waals surface area (Å²) in [6.07, 6.45) is -3.02. The van der Waals surface area contributed by atoms with Crippen LogP contribution < -0.4 is 5.73 Å². The minimum atomic E-state index is -3.02. The Labute approximate surface area is 75.5 Å². The van der Waals surface area contributed by atoms with E-state index in [0.717, 1.165) is 0 Å². The molecule has 14 heavy (non-hydrogen) atoms. The van der Waals surface area contributed by atoms with E-state index < -0.39 is 34.4 Å². The number of rotatable bonds is 2. The highest BCUT2D eigenvalue weighted by Crippen LogP contribution is 2.27. The highest BCUT2D eigenvalue weighted by atomic mass is 19.3. The van der Waals surface area contributed by atoms with Crippen LogP contribution in [0, 0.1) is 15.9 Å². The van der Waals surface area contributed by atoms with Crippen LogP contribution in [0.15, 0.2) is 6.07 Å². The molecule has 0 unspecified atom stereocenters. The molecule has 0 radical (unpaired) electrons. The van der Waals surface area contributed by atoms with E-state index in [1.807, 2.05) is 0 Å². The molecular weight excluding hydrogens is 203 g/mol. The van der Waals surface area contributed by atoms with Crippen LogP contribution >= 0.6 is 0 Å². The van der Waals surface area contributed by atoms with Crippen molar-refractivity contribution < 1.29 is 18.1 Å². The maximum Gasteiger partial charge on any atom is 0.401 e. The Balaban J connectivity index is 3.31. The Kier molecular flexibility index (Phi) is 2.54. The Morgan fingerprint density at radius 2 is 2.14 bits per heavy atom. The van der Waals surface area contributed by atoms with Crippen molar-refractivity contribution in [2.45, 2.75) is 6.43 Å². The van der Waals surface area contributed by atoms with E-state index in [0.29, 0.717) is 6.07 Å². The summed E-state index contributed by atoms with van der Waals surface area (Å²) in [5.74, 6) is -3.33. The van der Waals surface area contributed by atoms with Gasteiger partial charge in [-0.05, 0) is 16.0 Å². The lowest BCUT2D eigenvalue weighted by Crippen LogP contribution is -2.04. The predicted octanol–water partition coefficient (Wildman–Crippen LogP) is 1.65. The van der Waals surface area contributed by atoms with Crippen LogP contribution in [0.5, 0.6) is 0 Å². The molecule has 1 heterocycles. The number of nitrogens with two attached hydrogens (primary N) is 1. The summed E-state index contributed by atoms with van der Waals surface area (Å²) in [4.78, 5) is 11.9. The lowest BCUT2D eigenvalue weighted by molar-refractivity contribution is -0.392. The number of hydrogen-bond acceptors (Lipinski definition) is 4. The number of anilines is 1. The summed E-state index contributed by atoms with van der Waals surface area (Å²) in [7, 11) is 0. The van der Waals surface area contributed by atoms with Crippen molar-refractivity contribution in [3.05, 3.63) is 27.6 Å². The third-order valence-electron chi connectivity index (χ3n) is 1.43. The molecule has 0 saturated carbocycles. The van der Waals surface area contributed by atoms with Crippen LogP contribution in [-0.2, 0) is 0 Å². The van der Waals surface area contributed by atoms with Gasteiger partial charge in [0.25, 0.3) is 6.43 Å². The van der Waals surface area contributed by atoms with Gasteiger partial charge in [0.15, 0.2) is 0 Å². The van der Waals surface area contributed by atoms with E-state index in [9.17, 15) is 23.3 Å². The first-order chi connectivity index (χ1) is 6.43. The maximum absolute atomic E-state index is 12.7. The number of pyridine rings is 1. The Morgan fingerprint density at radius 3 is 2.57 bits per heavy atom. The van der Waals surface area contributed by atoms with Crippen molar-refractivity contribution in [2.24, 2.45) is 0 Å². The van der Waals surface area contributed by atoms with Crippen molar-refractivity contribution in [1.82, 2.24) is 4.98 Å². The van der Waals surface area contributed by atoms with Crippen LogP contribution in [-0.4, -0.2) is 9.91 Å². The minimum absolute atomic E-state index is 0.311. The summed E-state index contributed by atoms with van der Waals surface area (Å²) >= 11 is 0. The fourth-order valence-corrected chi connectivity index (χ4v) is 0.810. The van der Waals surface area contributed by atoms with E-state index in [1.165, 1.54) is 0 Å². The SMILES string of the molecule is Nc1nc([N+](=O)[O-])c(F)cc1C(F)F. The van der Waals surface area contributed by atoms with Gasteiger partial charge in [0.05, 0.1) is 5.56 Å². The number of hydrogen-bond donors (Lipinski definition) is 1. The first-order valence-electron chi connectivity index (χ1n) is 3.32. The summed E-state index contributed by atoms with van der Waals surface area (Å²) in [6, 6.07) is 0.311. The van der Waals surface area contributed by atoms with Crippen molar-refractivity contribution in [3.8, 4) is 0 Å². The first kappa shape index (κ1) is 10.2. The van der Waals surface area contributed by atoms with Crippen molar-refractivity contribution in [1.29, 1.82) is 0 Å². The topological polar surface area (TPSA) is 82.0 Å². The predicted molar refractivity (Wildman–Crippen MR) is 40.2 cm³/mol. The molecule has 76 valence electrons. The second-order valence-corrected chi connectivity index (χ2v) is 2.33. The third kappa shape index (κ3) is 1.73. The van der Waals surface area contributed by atoms with Gasteiger partial charge in [-0.25, -0.2) is 8.78 Å². The number of nitro groups is 1. The molecule has 0 aliphatic carbocycles. The molecule has 0 aromatic carbocycles. The van der Waals surface area contributed by atoms with Crippen LogP contribution in [0.4, 0.5) is 24.8 Å². The van der Waals surface area contributed by atoms with Crippen LogP contribution in [0.2, 0.25) is 0 Å². The lowest BCUT2D eigenvalue weighted by Gasteiger charge is -2.00. The molecule has 0 aliphatic rings. The molecule has 8 heteroatoms. The zero-order chi connectivity index (χ0) is 10.9. The maximum atomic E-state index is 12.7. The van der Waals surface area contributed by atoms with Crippen molar-refractivity contribution >= 4 is 11.6 Å². The highest BCUT2D eigenvalue weighted by molar-refractivity contribution is 5.45. The molecule has 0 fully saturated rings. The zero-order valence-corrected chi connectivity index (χ0v) is 6.58. The molecular formula is C6H4F3N3O2. The molecule has 0 amide bonds. The van der Waals surface area contributed by atoms with Crippen molar-refractivity contribution in [2.75, 3.05) is 5.73 Å². The standard InChI is InChI=1S/C6H4F3N3O2/c7-3-1-2(4(8)9)5(10)11-6(3)12(13)14/h1,4H,(H2,10,11). The summed E-state index contributed by atoms with van der Waals surface area (Å²) in [5.41, 5.74) is 4.11. The van der Waals surface area contributed by atoms with E-state index in [2.05, 4.69) is 4.98 Å². The van der Waals surface area contributed by atoms with E-state index >= 15 is 0 Å². The van der Waals surface area contributed by atoms with E-state index in [4.69, 9.17) is 5.73 Å². The Bertz CT molecular complexity index is 383. The van der Waals surface area contributed by atoms with E-state index in [-0.39, 0.29) is 0 Å². The largest absolute Gasteiger partial charge is 0.401 e. The third-order valence-corrected chi connectivity index (χ3v) is 1.43. The van der Waals surface area contributed by atoms with Gasteiger partial charge in [0, 0.05) is 0 Å². The Hall–Kier alpha value is -1.86. The van der Waals surface area contributed by atoms with Gasteiger partial charge >= 0.3 is 5.82 Å². The molecule has 0 spiro atoms. The van der Waals surface area contributed by atoms with Gasteiger partial charge in [-0.15, -0.1) is 0 Å². The molecule has 0 atom stereocenters. The van der Waals surface area contributed by atoms with Gasteiger partial charge in [0.2, 0.25) is 11.6 Å². The first-order valence-corrected chi connectivity index (χ1v) is 3.32. The molecule has 2 N–H and O–H groups in total. The molecule has 5 nitrogen and oxygen atoms in total. The molecule has 1 rings (SSSR count). The molecule has 0 saturated heterocycles. The minimum Gasteiger partial charge on any atom is -0.362 e. The summed E-state index contributed by atoms with van der Waals surface area (Å²) in [6.45, 7) is 0. The molecule has 1 aromatic heterocycles. The number of nitrogen functional groups attached to an aromatic ring is 1. The zero-order valence-electron chi connectivity index (χ0n) is 6.58. The lowest BCUT2D eigenvalue weighted by atomic mass is 10.2. The smallest absolute Gasteiger partial charge is 0.362 e. The number of aromatic nitrogens is 1. The van der Waals surface area contributed by atoms with Crippen LogP contribution in [0.1, 0.15) is 12.0 Å². The van der Waals surface area contributed by atoms with Gasteiger partial charge in [0.1, 0.15) is 0 Å². The number of halogens is 3. The van der Waals surface area contributed by atoms with Gasteiger partial charge < -0.3 is 15.8 Å². The second-order valence-electron chi connectivity index (χ2n) is 2.33. The normalized spacial score (nSPS) is 10.6. The van der Waals surface area contributed by atoms with Gasteiger partial charge in [-0.3, -0.25) is 0 Å².